The maximum absolute atomic E-state index is 12.3. The predicted octanol–water partition coefficient (Wildman–Crippen LogP) is 2.73. The average molecular weight is 242 g/mol. The van der Waals surface area contributed by atoms with Crippen LogP contribution in [0.3, 0.4) is 0 Å². The summed E-state index contributed by atoms with van der Waals surface area (Å²) in [5, 5.41) is -0.534. The molecule has 0 radical (unpaired) electrons. The Hall–Kier alpha value is -1.74. The van der Waals surface area contributed by atoms with Gasteiger partial charge in [0, 0.05) is 5.56 Å². The van der Waals surface area contributed by atoms with Crippen LogP contribution in [0.1, 0.15) is 21.2 Å². The number of fused-ring (bicyclic) bond motifs is 1. The summed E-state index contributed by atoms with van der Waals surface area (Å²) in [5.41, 5.74) is 1.42. The van der Waals surface area contributed by atoms with Crippen LogP contribution in [0.5, 0.6) is 0 Å². The second-order valence-corrected chi connectivity index (χ2v) is 5.45. The van der Waals surface area contributed by atoms with Crippen LogP contribution in [0.4, 0.5) is 0 Å². The van der Waals surface area contributed by atoms with Crippen molar-refractivity contribution in [2.75, 3.05) is 0 Å². The lowest BCUT2D eigenvalue weighted by atomic mass is 10.0. The molecule has 2 atom stereocenters. The van der Waals surface area contributed by atoms with Crippen molar-refractivity contribution in [3.05, 3.63) is 65.7 Å². The van der Waals surface area contributed by atoms with E-state index in [1.54, 1.807) is 18.2 Å². The molecule has 17 heavy (non-hydrogen) atoms. The van der Waals surface area contributed by atoms with Gasteiger partial charge in [-0.2, -0.15) is 0 Å². The zero-order valence-corrected chi connectivity index (χ0v) is 9.81. The Bertz CT molecular complexity index is 570. The molecule has 1 aliphatic heterocycles. The fourth-order valence-corrected chi connectivity index (χ4v) is 3.69. The minimum Gasteiger partial charge on any atom is -0.292 e. The van der Waals surface area contributed by atoms with Gasteiger partial charge < -0.3 is 0 Å². The molecular weight excluding hydrogens is 232 g/mol. The zero-order valence-electron chi connectivity index (χ0n) is 9.00. The molecule has 3 rings (SSSR count). The van der Waals surface area contributed by atoms with Crippen molar-refractivity contribution < 1.29 is 9.00 Å². The Morgan fingerprint density at radius 1 is 0.882 bits per heavy atom. The summed E-state index contributed by atoms with van der Waals surface area (Å²) in [7, 11) is -1.27. The molecule has 1 heterocycles. The van der Waals surface area contributed by atoms with Gasteiger partial charge in [0.2, 0.25) is 0 Å². The van der Waals surface area contributed by atoms with Crippen LogP contribution in [0.25, 0.3) is 0 Å². The molecule has 0 aliphatic carbocycles. The standard InChI is InChI=1S/C14H10O2S/c15-13-11-8-4-5-9-12(11)17(16)14(13)10-6-2-1-3-7-10/h1-9,14H. The fraction of sp³-hybridized carbons (Fsp3) is 0.0714. The van der Waals surface area contributed by atoms with Crippen LogP contribution in [0, 0.1) is 0 Å². The second kappa shape index (κ2) is 3.93. The molecule has 2 aromatic rings. The second-order valence-electron chi connectivity index (χ2n) is 3.95. The summed E-state index contributed by atoms with van der Waals surface area (Å²) in [6.07, 6.45) is 0. The molecule has 0 N–H and O–H groups in total. The molecule has 0 spiro atoms. The summed E-state index contributed by atoms with van der Waals surface area (Å²) >= 11 is 0. The van der Waals surface area contributed by atoms with Gasteiger partial charge in [-0.25, -0.2) is 0 Å². The van der Waals surface area contributed by atoms with E-state index in [9.17, 15) is 9.00 Å². The number of hydrogen-bond acceptors (Lipinski definition) is 2. The van der Waals surface area contributed by atoms with E-state index in [4.69, 9.17) is 0 Å². The Labute approximate surface area is 102 Å². The van der Waals surface area contributed by atoms with E-state index in [0.29, 0.717) is 10.5 Å². The average Bonchev–Trinajstić information content (AvgIpc) is 2.64. The summed E-state index contributed by atoms with van der Waals surface area (Å²) < 4.78 is 12.3. The minimum atomic E-state index is -1.27. The van der Waals surface area contributed by atoms with E-state index < -0.39 is 16.0 Å². The number of Topliss-reactive ketones (excluding diaryl/α,β-unsaturated/α-hetero) is 1. The Balaban J connectivity index is 2.13. The molecule has 0 aromatic heterocycles. The number of benzene rings is 2. The summed E-state index contributed by atoms with van der Waals surface area (Å²) in [6, 6.07) is 16.5. The first-order valence-corrected chi connectivity index (χ1v) is 6.59. The Kier molecular flexibility index (Phi) is 2.41. The van der Waals surface area contributed by atoms with Gasteiger partial charge in [0.25, 0.3) is 0 Å². The van der Waals surface area contributed by atoms with E-state index >= 15 is 0 Å². The quantitative estimate of drug-likeness (QED) is 0.770. The van der Waals surface area contributed by atoms with Crippen LogP contribution in [-0.4, -0.2) is 9.99 Å². The van der Waals surface area contributed by atoms with Crippen molar-refractivity contribution in [3.63, 3.8) is 0 Å². The molecule has 0 bridgehead atoms. The van der Waals surface area contributed by atoms with Gasteiger partial charge in [-0.1, -0.05) is 48.5 Å². The minimum absolute atomic E-state index is 0.0369. The molecule has 0 amide bonds. The van der Waals surface area contributed by atoms with Crippen molar-refractivity contribution in [3.8, 4) is 0 Å². The third-order valence-electron chi connectivity index (χ3n) is 2.92. The molecule has 0 saturated carbocycles. The Morgan fingerprint density at radius 3 is 2.24 bits per heavy atom. The van der Waals surface area contributed by atoms with Crippen molar-refractivity contribution in [2.45, 2.75) is 10.1 Å². The van der Waals surface area contributed by atoms with Gasteiger partial charge in [-0.3, -0.25) is 9.00 Å². The zero-order chi connectivity index (χ0) is 11.8. The van der Waals surface area contributed by atoms with Gasteiger partial charge in [0.15, 0.2) is 5.78 Å². The number of carbonyl (C=O) groups is 1. The van der Waals surface area contributed by atoms with Crippen molar-refractivity contribution in [1.29, 1.82) is 0 Å². The molecule has 2 unspecified atom stereocenters. The molecule has 2 nitrogen and oxygen atoms in total. The SMILES string of the molecule is O=C1c2ccccc2S(=O)C1c1ccccc1. The lowest BCUT2D eigenvalue weighted by molar-refractivity contribution is 0.0991. The number of carbonyl (C=O) groups excluding carboxylic acids is 1. The third-order valence-corrected chi connectivity index (χ3v) is 4.63. The van der Waals surface area contributed by atoms with E-state index in [1.165, 1.54) is 0 Å². The highest BCUT2D eigenvalue weighted by Gasteiger charge is 2.37. The largest absolute Gasteiger partial charge is 0.292 e. The summed E-state index contributed by atoms with van der Waals surface area (Å²) in [5.74, 6) is -0.0369. The van der Waals surface area contributed by atoms with E-state index in [-0.39, 0.29) is 5.78 Å². The van der Waals surface area contributed by atoms with E-state index in [2.05, 4.69) is 0 Å². The van der Waals surface area contributed by atoms with Crippen molar-refractivity contribution in [2.24, 2.45) is 0 Å². The van der Waals surface area contributed by atoms with Crippen LogP contribution in [-0.2, 0) is 10.8 Å². The van der Waals surface area contributed by atoms with Crippen LogP contribution in [0.15, 0.2) is 59.5 Å². The maximum atomic E-state index is 12.3. The van der Waals surface area contributed by atoms with E-state index in [0.717, 1.165) is 5.56 Å². The van der Waals surface area contributed by atoms with Gasteiger partial charge in [0.05, 0.1) is 15.7 Å². The maximum Gasteiger partial charge on any atom is 0.184 e. The molecule has 84 valence electrons. The van der Waals surface area contributed by atoms with Crippen LogP contribution >= 0.6 is 0 Å². The van der Waals surface area contributed by atoms with Gasteiger partial charge in [0.1, 0.15) is 5.25 Å². The number of ketones is 1. The first kappa shape index (κ1) is 10.4. The molecule has 0 fully saturated rings. The molecular formula is C14H10O2S. The van der Waals surface area contributed by atoms with Crippen LogP contribution in [0.2, 0.25) is 0 Å². The monoisotopic (exact) mass is 242 g/mol. The van der Waals surface area contributed by atoms with Gasteiger partial charge in [-0.05, 0) is 11.6 Å². The summed E-state index contributed by atoms with van der Waals surface area (Å²) in [6.45, 7) is 0. The predicted molar refractivity (Wildman–Crippen MR) is 66.4 cm³/mol. The van der Waals surface area contributed by atoms with Crippen molar-refractivity contribution in [1.82, 2.24) is 0 Å². The van der Waals surface area contributed by atoms with Gasteiger partial charge in [-0.15, -0.1) is 0 Å². The lowest BCUT2D eigenvalue weighted by Gasteiger charge is -2.06. The normalized spacial score (nSPS) is 22.5. The number of hydrogen-bond donors (Lipinski definition) is 0. The first-order chi connectivity index (χ1) is 8.29. The smallest absolute Gasteiger partial charge is 0.184 e. The molecule has 0 saturated heterocycles. The topological polar surface area (TPSA) is 34.1 Å². The molecule has 1 aliphatic rings. The van der Waals surface area contributed by atoms with Crippen molar-refractivity contribution >= 4 is 16.6 Å². The highest BCUT2D eigenvalue weighted by Crippen LogP contribution is 2.37. The highest BCUT2D eigenvalue weighted by atomic mass is 32.2. The molecule has 3 heteroatoms. The fourth-order valence-electron chi connectivity index (χ4n) is 2.11. The third kappa shape index (κ3) is 1.54. The van der Waals surface area contributed by atoms with E-state index in [1.807, 2.05) is 36.4 Å². The number of rotatable bonds is 1. The molecule has 2 aromatic carbocycles. The lowest BCUT2D eigenvalue weighted by Crippen LogP contribution is -2.08. The first-order valence-electron chi connectivity index (χ1n) is 5.38. The Morgan fingerprint density at radius 2 is 1.53 bits per heavy atom. The summed E-state index contributed by atoms with van der Waals surface area (Å²) in [4.78, 5) is 12.9. The highest BCUT2D eigenvalue weighted by molar-refractivity contribution is 7.86. The van der Waals surface area contributed by atoms with Crippen LogP contribution < -0.4 is 0 Å². The van der Waals surface area contributed by atoms with Gasteiger partial charge >= 0.3 is 0 Å².